The van der Waals surface area contributed by atoms with Crippen molar-refractivity contribution in [2.45, 2.75) is 50.6 Å². The van der Waals surface area contributed by atoms with Crippen LogP contribution in [0.3, 0.4) is 0 Å². The molecule has 2 rings (SSSR count). The number of hydrogen-bond donors (Lipinski definition) is 2. The first-order valence-corrected chi connectivity index (χ1v) is 6.77. The van der Waals surface area contributed by atoms with Gasteiger partial charge in [0.1, 0.15) is 0 Å². The molecule has 0 aromatic rings. The molecule has 2 amide bonds. The van der Waals surface area contributed by atoms with Gasteiger partial charge in [0.25, 0.3) is 0 Å². The van der Waals surface area contributed by atoms with Gasteiger partial charge in [-0.15, -0.1) is 0 Å². The van der Waals surface area contributed by atoms with E-state index in [0.29, 0.717) is 18.9 Å². The summed E-state index contributed by atoms with van der Waals surface area (Å²) in [4.78, 5) is 24.7. The van der Waals surface area contributed by atoms with Gasteiger partial charge < -0.3 is 15.3 Å². The summed E-state index contributed by atoms with van der Waals surface area (Å²) < 4.78 is 0. The summed E-state index contributed by atoms with van der Waals surface area (Å²) in [5, 5.41) is 20.3. The van der Waals surface area contributed by atoms with Crippen molar-refractivity contribution in [1.82, 2.24) is 10.2 Å². The van der Waals surface area contributed by atoms with Crippen LogP contribution in [0.5, 0.6) is 0 Å². The maximum Gasteiger partial charge on any atom is 0.317 e. The molecule has 0 radical (unpaired) electrons. The van der Waals surface area contributed by atoms with E-state index in [-0.39, 0.29) is 24.5 Å². The highest BCUT2D eigenvalue weighted by molar-refractivity contribution is 5.76. The molecule has 2 fully saturated rings. The van der Waals surface area contributed by atoms with Gasteiger partial charge in [-0.3, -0.25) is 4.79 Å². The highest BCUT2D eigenvalue weighted by Crippen LogP contribution is 2.34. The summed E-state index contributed by atoms with van der Waals surface area (Å²) >= 11 is 0. The molecule has 6 nitrogen and oxygen atoms in total. The van der Waals surface area contributed by atoms with Crippen molar-refractivity contribution in [2.75, 3.05) is 6.54 Å². The molecule has 0 saturated heterocycles. The Balaban J connectivity index is 1.88. The average molecular weight is 265 g/mol. The van der Waals surface area contributed by atoms with Crippen LogP contribution in [0.15, 0.2) is 0 Å². The number of nitriles is 1. The van der Waals surface area contributed by atoms with Crippen LogP contribution in [0.2, 0.25) is 0 Å². The van der Waals surface area contributed by atoms with Gasteiger partial charge in [0.05, 0.1) is 18.9 Å². The highest BCUT2D eigenvalue weighted by Gasteiger charge is 2.37. The lowest BCUT2D eigenvalue weighted by Gasteiger charge is -2.25. The number of nitrogens with zero attached hydrogens (tertiary/aromatic N) is 2. The topological polar surface area (TPSA) is 93.4 Å². The number of hydrogen-bond acceptors (Lipinski definition) is 3. The molecule has 2 saturated carbocycles. The van der Waals surface area contributed by atoms with Crippen LogP contribution in [0.25, 0.3) is 0 Å². The van der Waals surface area contributed by atoms with Crippen LogP contribution in [-0.2, 0) is 4.79 Å². The molecular formula is C13H19N3O3. The highest BCUT2D eigenvalue weighted by atomic mass is 16.4. The number of rotatable bonds is 7. The zero-order chi connectivity index (χ0) is 13.8. The van der Waals surface area contributed by atoms with E-state index in [1.807, 2.05) is 6.07 Å². The minimum Gasteiger partial charge on any atom is -0.481 e. The van der Waals surface area contributed by atoms with Gasteiger partial charge in [-0.2, -0.15) is 5.26 Å². The number of carbonyl (C=O) groups is 2. The molecule has 2 aliphatic carbocycles. The second-order valence-electron chi connectivity index (χ2n) is 5.32. The van der Waals surface area contributed by atoms with E-state index < -0.39 is 5.97 Å². The van der Waals surface area contributed by atoms with Gasteiger partial charge >= 0.3 is 12.0 Å². The van der Waals surface area contributed by atoms with E-state index in [1.165, 1.54) is 0 Å². The predicted octanol–water partition coefficient (Wildman–Crippen LogP) is 1.33. The lowest BCUT2D eigenvalue weighted by molar-refractivity contribution is -0.137. The summed E-state index contributed by atoms with van der Waals surface area (Å²) in [5.41, 5.74) is 0. The van der Waals surface area contributed by atoms with Crippen molar-refractivity contribution in [3.8, 4) is 6.07 Å². The molecule has 6 heteroatoms. The fraction of sp³-hybridized carbons (Fsp3) is 0.769. The summed E-state index contributed by atoms with van der Waals surface area (Å²) in [6.45, 7) is 0.428. The SMILES string of the molecule is N#CCCN(C(=O)NC(CC(=O)O)C1CC1)C1CC1. The fourth-order valence-electron chi connectivity index (χ4n) is 2.27. The first-order valence-electron chi connectivity index (χ1n) is 6.77. The number of aliphatic carboxylic acids is 1. The van der Waals surface area contributed by atoms with Crippen molar-refractivity contribution >= 4 is 12.0 Å². The normalized spacial score (nSPS) is 19.3. The number of carboxylic acids is 1. The number of urea groups is 1. The first-order chi connectivity index (χ1) is 9.11. The van der Waals surface area contributed by atoms with E-state index in [4.69, 9.17) is 10.4 Å². The Hall–Kier alpha value is -1.77. The largest absolute Gasteiger partial charge is 0.481 e. The zero-order valence-electron chi connectivity index (χ0n) is 10.8. The molecule has 19 heavy (non-hydrogen) atoms. The van der Waals surface area contributed by atoms with Crippen LogP contribution in [-0.4, -0.2) is 40.6 Å². The molecule has 2 aliphatic rings. The quantitative estimate of drug-likeness (QED) is 0.726. The lowest BCUT2D eigenvalue weighted by atomic mass is 10.1. The molecule has 0 bridgehead atoms. The van der Waals surface area contributed by atoms with E-state index >= 15 is 0 Å². The summed E-state index contributed by atoms with van der Waals surface area (Å²) in [5.74, 6) is -0.579. The van der Waals surface area contributed by atoms with E-state index in [0.717, 1.165) is 25.7 Å². The third-order valence-electron chi connectivity index (χ3n) is 3.61. The number of carboxylic acid groups (broad SMARTS) is 1. The van der Waals surface area contributed by atoms with E-state index in [2.05, 4.69) is 5.32 Å². The molecule has 0 aliphatic heterocycles. The Bertz CT molecular complexity index is 396. The summed E-state index contributed by atoms with van der Waals surface area (Å²) in [7, 11) is 0. The number of carbonyl (C=O) groups excluding carboxylic acids is 1. The molecule has 1 unspecified atom stereocenters. The molecule has 0 aromatic carbocycles. The van der Waals surface area contributed by atoms with Crippen molar-refractivity contribution < 1.29 is 14.7 Å². The maximum absolute atomic E-state index is 12.2. The summed E-state index contributed by atoms with van der Waals surface area (Å²) in [6, 6.07) is 1.79. The lowest BCUT2D eigenvalue weighted by Crippen LogP contribution is -2.47. The Morgan fingerprint density at radius 3 is 2.53 bits per heavy atom. The Morgan fingerprint density at radius 2 is 2.05 bits per heavy atom. The minimum atomic E-state index is -0.882. The van der Waals surface area contributed by atoms with Crippen molar-refractivity contribution in [3.05, 3.63) is 0 Å². The van der Waals surface area contributed by atoms with E-state index in [1.54, 1.807) is 4.90 Å². The minimum absolute atomic E-state index is 0.0207. The van der Waals surface area contributed by atoms with Crippen molar-refractivity contribution in [3.63, 3.8) is 0 Å². The van der Waals surface area contributed by atoms with Crippen LogP contribution >= 0.6 is 0 Å². The molecular weight excluding hydrogens is 246 g/mol. The Labute approximate surface area is 112 Å². The summed E-state index contributed by atoms with van der Waals surface area (Å²) in [6.07, 6.45) is 4.22. The zero-order valence-corrected chi connectivity index (χ0v) is 10.8. The third-order valence-corrected chi connectivity index (χ3v) is 3.61. The monoisotopic (exact) mass is 265 g/mol. The number of amides is 2. The molecule has 1 atom stereocenters. The van der Waals surface area contributed by atoms with Gasteiger partial charge in [-0.05, 0) is 31.6 Å². The average Bonchev–Trinajstić information content (AvgIpc) is 3.20. The number of nitrogens with one attached hydrogen (secondary N) is 1. The second-order valence-corrected chi connectivity index (χ2v) is 5.32. The van der Waals surface area contributed by atoms with Crippen LogP contribution in [0, 0.1) is 17.2 Å². The molecule has 0 aromatic heterocycles. The van der Waals surface area contributed by atoms with Crippen molar-refractivity contribution in [2.24, 2.45) is 5.92 Å². The Kier molecular flexibility index (Phi) is 4.25. The van der Waals surface area contributed by atoms with Gasteiger partial charge in [-0.25, -0.2) is 4.79 Å². The Morgan fingerprint density at radius 1 is 1.37 bits per heavy atom. The molecule has 0 heterocycles. The van der Waals surface area contributed by atoms with Crippen LogP contribution in [0.1, 0.15) is 38.5 Å². The fourth-order valence-corrected chi connectivity index (χ4v) is 2.27. The van der Waals surface area contributed by atoms with E-state index in [9.17, 15) is 9.59 Å². The smallest absolute Gasteiger partial charge is 0.317 e. The van der Waals surface area contributed by atoms with Gasteiger partial charge in [-0.1, -0.05) is 0 Å². The van der Waals surface area contributed by atoms with Crippen LogP contribution < -0.4 is 5.32 Å². The standard InChI is InChI=1S/C13H19N3O3/c14-6-1-7-16(10-4-5-10)13(19)15-11(8-12(17)18)9-2-3-9/h9-11H,1-5,7-8H2,(H,15,19)(H,17,18). The van der Waals surface area contributed by atoms with Crippen molar-refractivity contribution in [1.29, 1.82) is 5.26 Å². The molecule has 104 valence electrons. The van der Waals surface area contributed by atoms with Gasteiger partial charge in [0.2, 0.25) is 0 Å². The molecule has 2 N–H and O–H groups in total. The third kappa shape index (κ3) is 4.12. The van der Waals surface area contributed by atoms with Gasteiger partial charge in [0.15, 0.2) is 0 Å². The van der Waals surface area contributed by atoms with Crippen LogP contribution in [0.4, 0.5) is 4.79 Å². The second kappa shape index (κ2) is 5.91. The van der Waals surface area contributed by atoms with Gasteiger partial charge in [0, 0.05) is 18.6 Å². The predicted molar refractivity (Wildman–Crippen MR) is 67.3 cm³/mol. The molecule has 0 spiro atoms. The first kappa shape index (κ1) is 13.7. The maximum atomic E-state index is 12.2.